The molecule has 150 valence electrons. The molecule has 5 rings (SSSR count). The zero-order chi connectivity index (χ0) is 21.3. The molecule has 4 aromatic carbocycles. The van der Waals surface area contributed by atoms with Crippen LogP contribution in [0.15, 0.2) is 128 Å². The average molecular weight is 400 g/mol. The number of hydrogen-bond acceptors (Lipinski definition) is 1. The summed E-state index contributed by atoms with van der Waals surface area (Å²) in [5.74, 6) is 1.39. The molecule has 0 unspecified atom stereocenters. The lowest BCUT2D eigenvalue weighted by atomic mass is 9.76. The Hall–Kier alpha value is -3.85. The van der Waals surface area contributed by atoms with Gasteiger partial charge in [0.2, 0.25) is 0 Å². The van der Waals surface area contributed by atoms with Crippen LogP contribution in [-0.4, -0.2) is 17.8 Å². The molecule has 0 atom stereocenters. The molecule has 0 bridgehead atoms. The number of benzene rings is 4. The SMILES string of the molecule is BC(c1ccccc1)c1ccccc1.c1ccc(-c2cnc(-c3ccccc3)[nH]2)cc1. The second-order valence-electron chi connectivity index (χ2n) is 7.42. The zero-order valence-electron chi connectivity index (χ0n) is 17.6. The number of imidazole rings is 1. The lowest BCUT2D eigenvalue weighted by molar-refractivity contribution is 1.14. The number of hydrogen-bond donors (Lipinski definition) is 1. The lowest BCUT2D eigenvalue weighted by Gasteiger charge is -2.11. The van der Waals surface area contributed by atoms with Gasteiger partial charge >= 0.3 is 0 Å². The molecular formula is C28H25BN2. The van der Waals surface area contributed by atoms with Gasteiger partial charge in [-0.05, 0) is 22.5 Å². The third-order valence-corrected chi connectivity index (χ3v) is 5.31. The predicted octanol–water partition coefficient (Wildman–Crippen LogP) is 6.15. The van der Waals surface area contributed by atoms with E-state index in [1.165, 1.54) is 11.1 Å². The highest BCUT2D eigenvalue weighted by Crippen LogP contribution is 2.22. The van der Waals surface area contributed by atoms with Gasteiger partial charge in [0.1, 0.15) is 13.7 Å². The van der Waals surface area contributed by atoms with Crippen molar-refractivity contribution in [1.82, 2.24) is 9.97 Å². The van der Waals surface area contributed by atoms with Gasteiger partial charge in [0, 0.05) is 5.56 Å². The summed E-state index contributed by atoms with van der Waals surface area (Å²) >= 11 is 0. The van der Waals surface area contributed by atoms with Crippen LogP contribution in [0.25, 0.3) is 22.6 Å². The van der Waals surface area contributed by atoms with Gasteiger partial charge in [-0.2, -0.15) is 0 Å². The van der Waals surface area contributed by atoms with E-state index in [0.29, 0.717) is 5.82 Å². The summed E-state index contributed by atoms with van der Waals surface area (Å²) in [6, 6.07) is 41.5. The minimum absolute atomic E-state index is 0.484. The first-order valence-corrected chi connectivity index (χ1v) is 10.6. The van der Waals surface area contributed by atoms with Crippen LogP contribution in [0.5, 0.6) is 0 Å². The molecule has 0 spiro atoms. The van der Waals surface area contributed by atoms with E-state index in [1.807, 2.05) is 54.7 Å². The third kappa shape index (κ3) is 5.40. The van der Waals surface area contributed by atoms with E-state index in [-0.39, 0.29) is 0 Å². The molecule has 3 heteroatoms. The van der Waals surface area contributed by atoms with Crippen LogP contribution in [0.3, 0.4) is 0 Å². The number of aromatic amines is 1. The van der Waals surface area contributed by atoms with Gasteiger partial charge in [0.25, 0.3) is 0 Å². The van der Waals surface area contributed by atoms with E-state index in [1.54, 1.807) is 0 Å². The lowest BCUT2D eigenvalue weighted by Crippen LogP contribution is -1.99. The van der Waals surface area contributed by atoms with Crippen molar-refractivity contribution in [2.45, 2.75) is 5.82 Å². The predicted molar refractivity (Wildman–Crippen MR) is 133 cm³/mol. The molecule has 0 saturated heterocycles. The Morgan fingerprint density at radius 1 is 0.548 bits per heavy atom. The fourth-order valence-electron chi connectivity index (χ4n) is 3.50. The fourth-order valence-corrected chi connectivity index (χ4v) is 3.50. The third-order valence-electron chi connectivity index (χ3n) is 5.31. The minimum Gasteiger partial charge on any atom is -0.338 e. The van der Waals surface area contributed by atoms with Crippen molar-refractivity contribution in [3.05, 3.63) is 139 Å². The molecule has 0 saturated carbocycles. The van der Waals surface area contributed by atoms with E-state index in [0.717, 1.165) is 22.6 Å². The molecule has 0 aliphatic rings. The second kappa shape index (κ2) is 10.3. The molecule has 0 fully saturated rings. The van der Waals surface area contributed by atoms with Crippen molar-refractivity contribution in [3.8, 4) is 22.6 Å². The van der Waals surface area contributed by atoms with E-state index < -0.39 is 0 Å². The van der Waals surface area contributed by atoms with Gasteiger partial charge in [-0.25, -0.2) is 4.98 Å². The number of rotatable bonds is 4. The highest BCUT2D eigenvalue weighted by molar-refractivity contribution is 6.14. The zero-order valence-corrected chi connectivity index (χ0v) is 17.6. The van der Waals surface area contributed by atoms with Gasteiger partial charge in [0.05, 0.1) is 11.9 Å². The Morgan fingerprint density at radius 3 is 1.45 bits per heavy atom. The molecule has 1 aromatic heterocycles. The number of nitrogens with zero attached hydrogens (tertiary/aromatic N) is 1. The van der Waals surface area contributed by atoms with E-state index in [4.69, 9.17) is 0 Å². The van der Waals surface area contributed by atoms with Crippen molar-refractivity contribution >= 4 is 7.85 Å². The van der Waals surface area contributed by atoms with Crippen molar-refractivity contribution < 1.29 is 0 Å². The quantitative estimate of drug-likeness (QED) is 0.360. The maximum Gasteiger partial charge on any atom is 0.137 e. The normalized spacial score (nSPS) is 10.4. The summed E-state index contributed by atoms with van der Waals surface area (Å²) in [5.41, 5.74) is 6.05. The first-order chi connectivity index (χ1) is 15.3. The van der Waals surface area contributed by atoms with Crippen LogP contribution in [0.4, 0.5) is 0 Å². The standard InChI is InChI=1S/C15H12N2.C13H13B/c1-3-7-12(8-4-1)14-11-16-15(17-14)13-9-5-2-6-10-13;14-13(11-7-3-1-4-8-11)12-9-5-2-6-10-12/h1-11H,(H,16,17);1-10,13H,14H2. The largest absolute Gasteiger partial charge is 0.338 e. The highest BCUT2D eigenvalue weighted by atomic mass is 14.9. The summed E-state index contributed by atoms with van der Waals surface area (Å²) in [5, 5.41) is 0. The minimum atomic E-state index is 0.484. The number of H-pyrrole nitrogens is 1. The highest BCUT2D eigenvalue weighted by Gasteiger charge is 2.06. The van der Waals surface area contributed by atoms with Crippen LogP contribution >= 0.6 is 0 Å². The van der Waals surface area contributed by atoms with Gasteiger partial charge in [0.15, 0.2) is 0 Å². The first-order valence-electron chi connectivity index (χ1n) is 10.6. The van der Waals surface area contributed by atoms with Crippen LogP contribution in [0.1, 0.15) is 16.9 Å². The van der Waals surface area contributed by atoms with Gasteiger partial charge < -0.3 is 4.98 Å². The fraction of sp³-hybridized carbons (Fsp3) is 0.0357. The topological polar surface area (TPSA) is 28.7 Å². The average Bonchev–Trinajstić information content (AvgIpc) is 3.37. The summed E-state index contributed by atoms with van der Waals surface area (Å²) in [4.78, 5) is 7.74. The van der Waals surface area contributed by atoms with E-state index >= 15 is 0 Å². The molecule has 1 heterocycles. The van der Waals surface area contributed by atoms with Crippen LogP contribution in [0, 0.1) is 0 Å². The monoisotopic (exact) mass is 400 g/mol. The molecule has 0 aliphatic carbocycles. The maximum absolute atomic E-state index is 4.41. The summed E-state index contributed by atoms with van der Waals surface area (Å²) in [6.07, 6.45) is 1.87. The maximum atomic E-state index is 4.41. The van der Waals surface area contributed by atoms with Crippen LogP contribution in [-0.2, 0) is 0 Å². The van der Waals surface area contributed by atoms with Crippen molar-refractivity contribution in [3.63, 3.8) is 0 Å². The molecule has 0 radical (unpaired) electrons. The second-order valence-corrected chi connectivity index (χ2v) is 7.42. The Kier molecular flexibility index (Phi) is 6.76. The number of aromatic nitrogens is 2. The molecule has 0 amide bonds. The first kappa shape index (κ1) is 20.4. The number of nitrogens with one attached hydrogen (secondary N) is 1. The van der Waals surface area contributed by atoms with Crippen molar-refractivity contribution in [2.75, 3.05) is 0 Å². The summed E-state index contributed by atoms with van der Waals surface area (Å²) in [6.45, 7) is 0. The molecular weight excluding hydrogens is 375 g/mol. The Bertz CT molecular complexity index is 1080. The van der Waals surface area contributed by atoms with Gasteiger partial charge in [-0.1, -0.05) is 121 Å². The Labute approximate surface area is 185 Å². The molecule has 0 aliphatic heterocycles. The van der Waals surface area contributed by atoms with Crippen molar-refractivity contribution in [2.24, 2.45) is 0 Å². The Balaban J connectivity index is 0.000000152. The van der Waals surface area contributed by atoms with E-state index in [9.17, 15) is 0 Å². The molecule has 31 heavy (non-hydrogen) atoms. The van der Waals surface area contributed by atoms with E-state index in [2.05, 4.69) is 90.6 Å². The summed E-state index contributed by atoms with van der Waals surface area (Å²) in [7, 11) is 2.24. The van der Waals surface area contributed by atoms with Gasteiger partial charge in [-0.15, -0.1) is 0 Å². The van der Waals surface area contributed by atoms with Crippen molar-refractivity contribution in [1.29, 1.82) is 0 Å². The molecule has 2 nitrogen and oxygen atoms in total. The summed E-state index contributed by atoms with van der Waals surface area (Å²) < 4.78 is 0. The molecule has 1 N–H and O–H groups in total. The van der Waals surface area contributed by atoms with Crippen LogP contribution in [0.2, 0.25) is 0 Å². The Morgan fingerprint density at radius 2 is 0.968 bits per heavy atom. The molecule has 5 aromatic rings. The van der Waals surface area contributed by atoms with Crippen LogP contribution < -0.4 is 0 Å². The smallest absolute Gasteiger partial charge is 0.137 e. The van der Waals surface area contributed by atoms with Gasteiger partial charge in [-0.3, -0.25) is 0 Å².